The summed E-state index contributed by atoms with van der Waals surface area (Å²) in [5.74, 6) is -2.64. The van der Waals surface area contributed by atoms with Gasteiger partial charge in [-0.25, -0.2) is 18.3 Å². The number of H-pyrrole nitrogens is 1. The molecule has 0 fully saturated rings. The number of imidazole rings is 1. The van der Waals surface area contributed by atoms with Crippen LogP contribution in [0.15, 0.2) is 59.4 Å². The zero-order valence-electron chi connectivity index (χ0n) is 16.9. The molecule has 0 unspecified atom stereocenters. The Hall–Kier alpha value is -4.41. The van der Waals surface area contributed by atoms with E-state index in [-0.39, 0.29) is 17.3 Å². The van der Waals surface area contributed by atoms with Gasteiger partial charge in [-0.3, -0.25) is 4.79 Å². The van der Waals surface area contributed by atoms with Crippen LogP contribution >= 0.6 is 0 Å². The number of hydrogen-bond donors (Lipinski definition) is 1. The second-order valence-corrected chi connectivity index (χ2v) is 7.59. The summed E-state index contributed by atoms with van der Waals surface area (Å²) < 4.78 is 34.6. The fraction of sp³-hybridized carbons (Fsp3) is 0.136. The highest BCUT2D eigenvalue weighted by molar-refractivity contribution is 5.90. The first-order chi connectivity index (χ1) is 16.1. The van der Waals surface area contributed by atoms with Crippen molar-refractivity contribution in [2.45, 2.75) is 12.5 Å². The molecule has 1 atom stereocenters. The number of benzene rings is 1. The molecule has 4 aromatic heterocycles. The van der Waals surface area contributed by atoms with Crippen LogP contribution in [0.5, 0.6) is 0 Å². The Morgan fingerprint density at radius 1 is 1.15 bits per heavy atom. The highest BCUT2D eigenvalue weighted by Crippen LogP contribution is 2.34. The highest BCUT2D eigenvalue weighted by Gasteiger charge is 2.38. The Bertz CT molecular complexity index is 1470. The monoisotopic (exact) mass is 447 g/mol. The molecule has 1 amide bonds. The number of nitrogens with zero attached hydrogens (tertiary/aromatic N) is 6. The average Bonchev–Trinajstić information content (AvgIpc) is 3.56. The SMILES string of the molecule is O=C(c1nnc(-c2ccc(F)cc2F)o1)N1CCc2[nH]cnc2[C@@H]1c1cc2ccccn2n1. The van der Waals surface area contributed by atoms with E-state index in [0.717, 1.165) is 17.3 Å². The fourth-order valence-corrected chi connectivity index (χ4v) is 4.09. The summed E-state index contributed by atoms with van der Waals surface area (Å²) in [7, 11) is 0. The third kappa shape index (κ3) is 3.16. The molecule has 9 nitrogen and oxygen atoms in total. The first kappa shape index (κ1) is 19.3. The average molecular weight is 447 g/mol. The Morgan fingerprint density at radius 3 is 2.91 bits per heavy atom. The van der Waals surface area contributed by atoms with E-state index in [4.69, 9.17) is 4.42 Å². The highest BCUT2D eigenvalue weighted by atomic mass is 19.1. The van der Waals surface area contributed by atoms with Crippen LogP contribution in [0.3, 0.4) is 0 Å². The van der Waals surface area contributed by atoms with Gasteiger partial charge in [0.15, 0.2) is 0 Å². The van der Waals surface area contributed by atoms with Crippen molar-refractivity contribution in [1.82, 2.24) is 34.7 Å². The smallest absolute Gasteiger partial charge is 0.312 e. The molecule has 0 bridgehead atoms. The van der Waals surface area contributed by atoms with Gasteiger partial charge in [0.05, 0.1) is 28.8 Å². The van der Waals surface area contributed by atoms with Crippen molar-refractivity contribution >= 4 is 11.4 Å². The molecule has 1 N–H and O–H groups in total. The van der Waals surface area contributed by atoms with Gasteiger partial charge in [-0.1, -0.05) is 6.07 Å². The standard InChI is InChI=1S/C22H15F2N7O2/c23-12-4-5-14(15(24)9-12)20-27-28-21(33-20)22(32)30-8-6-16-18(26-11-25-16)19(30)17-10-13-3-1-2-7-31(13)29-17/h1-5,7,9-11,19H,6,8H2,(H,25,26)/t19-/m0/s1. The van der Waals surface area contributed by atoms with Gasteiger partial charge in [0.1, 0.15) is 17.7 Å². The fourth-order valence-electron chi connectivity index (χ4n) is 4.09. The zero-order valence-corrected chi connectivity index (χ0v) is 16.9. The summed E-state index contributed by atoms with van der Waals surface area (Å²) in [6.45, 7) is 0.356. The molecular formula is C22H15F2N7O2. The van der Waals surface area contributed by atoms with Crippen LogP contribution in [-0.2, 0) is 6.42 Å². The van der Waals surface area contributed by atoms with Gasteiger partial charge >= 0.3 is 11.8 Å². The number of carbonyl (C=O) groups excluding carboxylic acids is 1. The van der Waals surface area contributed by atoms with Gasteiger partial charge in [0.2, 0.25) is 0 Å². The molecule has 1 aromatic carbocycles. The lowest BCUT2D eigenvalue weighted by atomic mass is 9.99. The van der Waals surface area contributed by atoms with Gasteiger partial charge in [-0.2, -0.15) is 5.10 Å². The number of hydrogen-bond acceptors (Lipinski definition) is 6. The Labute approximate surface area is 184 Å². The van der Waals surface area contributed by atoms with Crippen LogP contribution in [0.2, 0.25) is 0 Å². The number of aromatic nitrogens is 6. The molecular weight excluding hydrogens is 432 g/mol. The number of aromatic amines is 1. The van der Waals surface area contributed by atoms with E-state index >= 15 is 0 Å². The van der Waals surface area contributed by atoms with E-state index in [0.29, 0.717) is 30.4 Å². The van der Waals surface area contributed by atoms with Crippen LogP contribution in [0.4, 0.5) is 8.78 Å². The van der Waals surface area contributed by atoms with Gasteiger partial charge in [-0.05, 0) is 30.3 Å². The van der Waals surface area contributed by atoms with Crippen molar-refractivity contribution in [1.29, 1.82) is 0 Å². The predicted octanol–water partition coefficient (Wildman–Crippen LogP) is 3.17. The lowest BCUT2D eigenvalue weighted by molar-refractivity contribution is 0.0646. The second-order valence-electron chi connectivity index (χ2n) is 7.59. The minimum absolute atomic E-state index is 0.0897. The minimum Gasteiger partial charge on any atom is -0.412 e. The predicted molar refractivity (Wildman–Crippen MR) is 110 cm³/mol. The van der Waals surface area contributed by atoms with E-state index in [1.54, 1.807) is 15.7 Å². The quantitative estimate of drug-likeness (QED) is 0.456. The van der Waals surface area contributed by atoms with Gasteiger partial charge in [-0.15, -0.1) is 10.2 Å². The number of amides is 1. The summed E-state index contributed by atoms with van der Waals surface area (Å²) >= 11 is 0. The third-order valence-corrected chi connectivity index (χ3v) is 5.62. The summed E-state index contributed by atoms with van der Waals surface area (Å²) in [5, 5.41) is 12.2. The number of carbonyl (C=O) groups is 1. The minimum atomic E-state index is -0.862. The number of nitrogens with one attached hydrogen (secondary N) is 1. The molecule has 5 heterocycles. The van der Waals surface area contributed by atoms with Crippen LogP contribution in [0.1, 0.15) is 33.8 Å². The first-order valence-corrected chi connectivity index (χ1v) is 10.1. The molecule has 0 saturated carbocycles. The van der Waals surface area contributed by atoms with Gasteiger partial charge in [0.25, 0.3) is 5.89 Å². The van der Waals surface area contributed by atoms with Crippen molar-refractivity contribution in [3.8, 4) is 11.5 Å². The Kier molecular flexibility index (Phi) is 4.28. The van der Waals surface area contributed by atoms with E-state index < -0.39 is 23.6 Å². The number of fused-ring (bicyclic) bond motifs is 2. The van der Waals surface area contributed by atoms with E-state index in [1.165, 1.54) is 6.07 Å². The van der Waals surface area contributed by atoms with E-state index in [1.807, 2.05) is 30.5 Å². The molecule has 0 radical (unpaired) electrons. The molecule has 1 aliphatic heterocycles. The van der Waals surface area contributed by atoms with Crippen molar-refractivity contribution < 1.29 is 18.0 Å². The number of pyridine rings is 1. The summed E-state index contributed by atoms with van der Waals surface area (Å²) in [4.78, 5) is 22.5. The largest absolute Gasteiger partial charge is 0.412 e. The van der Waals surface area contributed by atoms with Crippen molar-refractivity contribution in [3.05, 3.63) is 89.6 Å². The summed E-state index contributed by atoms with van der Waals surface area (Å²) in [6, 6.07) is 9.97. The lowest BCUT2D eigenvalue weighted by Gasteiger charge is -2.32. The number of rotatable bonds is 3. The summed E-state index contributed by atoms with van der Waals surface area (Å²) in [5.41, 5.74) is 3.01. The molecule has 0 aliphatic carbocycles. The van der Waals surface area contributed by atoms with Crippen molar-refractivity contribution in [3.63, 3.8) is 0 Å². The molecule has 0 saturated heterocycles. The van der Waals surface area contributed by atoms with E-state index in [2.05, 4.69) is 25.3 Å². The van der Waals surface area contributed by atoms with Crippen molar-refractivity contribution in [2.75, 3.05) is 6.54 Å². The van der Waals surface area contributed by atoms with Gasteiger partial charge in [0, 0.05) is 30.9 Å². The lowest BCUT2D eigenvalue weighted by Crippen LogP contribution is -2.41. The van der Waals surface area contributed by atoms with Crippen LogP contribution in [0.25, 0.3) is 17.0 Å². The molecule has 11 heteroatoms. The van der Waals surface area contributed by atoms with Crippen molar-refractivity contribution in [2.24, 2.45) is 0 Å². The maximum atomic E-state index is 14.1. The molecule has 1 aliphatic rings. The molecule has 6 rings (SSSR count). The third-order valence-electron chi connectivity index (χ3n) is 5.62. The van der Waals surface area contributed by atoms with Crippen LogP contribution in [-0.4, -0.2) is 47.1 Å². The summed E-state index contributed by atoms with van der Waals surface area (Å²) in [6.07, 6.45) is 3.96. The number of halogens is 2. The van der Waals surface area contributed by atoms with Crippen LogP contribution < -0.4 is 0 Å². The van der Waals surface area contributed by atoms with E-state index in [9.17, 15) is 13.6 Å². The molecule has 0 spiro atoms. The Morgan fingerprint density at radius 2 is 2.06 bits per heavy atom. The first-order valence-electron chi connectivity index (χ1n) is 10.1. The van der Waals surface area contributed by atoms with Gasteiger partial charge < -0.3 is 14.3 Å². The maximum Gasteiger partial charge on any atom is 0.312 e. The molecule has 5 aromatic rings. The molecule has 33 heavy (non-hydrogen) atoms. The zero-order chi connectivity index (χ0) is 22.5. The normalized spacial score (nSPS) is 15.7. The topological polar surface area (TPSA) is 105 Å². The molecule has 164 valence electrons. The Balaban J connectivity index is 1.39. The maximum absolute atomic E-state index is 14.1. The second kappa shape index (κ2) is 7.33. The van der Waals surface area contributed by atoms with Crippen LogP contribution in [0, 0.1) is 11.6 Å².